The molecule has 1 fully saturated rings. The number of rotatable bonds is 5. The SMILES string of the molecule is COCC1(O)CCN(C(=O)C(C)n2nnc(-c3ccccc3)n2)CC1. The zero-order valence-electron chi connectivity index (χ0n) is 14.5. The highest BCUT2D eigenvalue weighted by Gasteiger charge is 2.35. The molecule has 1 saturated heterocycles. The maximum Gasteiger partial charge on any atom is 0.249 e. The lowest BCUT2D eigenvalue weighted by molar-refractivity contribution is -0.141. The average Bonchev–Trinajstić information content (AvgIpc) is 3.12. The van der Waals surface area contributed by atoms with Gasteiger partial charge in [0, 0.05) is 25.8 Å². The number of likely N-dealkylation sites (tertiary alicyclic amines) is 1. The van der Waals surface area contributed by atoms with Crippen LogP contribution in [0.3, 0.4) is 0 Å². The lowest BCUT2D eigenvalue weighted by atomic mass is 9.92. The quantitative estimate of drug-likeness (QED) is 0.865. The second-order valence-corrected chi connectivity index (χ2v) is 6.46. The van der Waals surface area contributed by atoms with Crippen molar-refractivity contribution in [3.63, 3.8) is 0 Å². The van der Waals surface area contributed by atoms with E-state index >= 15 is 0 Å². The van der Waals surface area contributed by atoms with Crippen LogP contribution in [0, 0.1) is 0 Å². The highest BCUT2D eigenvalue weighted by atomic mass is 16.5. The van der Waals surface area contributed by atoms with Gasteiger partial charge in [0.25, 0.3) is 0 Å². The minimum absolute atomic E-state index is 0.0727. The third kappa shape index (κ3) is 3.85. The molecule has 2 heterocycles. The monoisotopic (exact) mass is 345 g/mol. The Kier molecular flexibility index (Phi) is 5.10. The van der Waals surface area contributed by atoms with Crippen molar-refractivity contribution in [1.82, 2.24) is 25.1 Å². The summed E-state index contributed by atoms with van der Waals surface area (Å²) in [7, 11) is 1.57. The number of tetrazole rings is 1. The van der Waals surface area contributed by atoms with Gasteiger partial charge in [-0.3, -0.25) is 4.79 Å². The van der Waals surface area contributed by atoms with Gasteiger partial charge in [0.2, 0.25) is 11.7 Å². The molecule has 0 radical (unpaired) electrons. The van der Waals surface area contributed by atoms with Crippen molar-refractivity contribution in [3.8, 4) is 11.4 Å². The molecule has 1 amide bonds. The van der Waals surface area contributed by atoms with Gasteiger partial charge in [0.05, 0.1) is 12.2 Å². The number of piperidine rings is 1. The first-order chi connectivity index (χ1) is 12.0. The minimum atomic E-state index is -0.846. The van der Waals surface area contributed by atoms with E-state index in [1.165, 1.54) is 4.80 Å². The number of hydrogen-bond acceptors (Lipinski definition) is 6. The van der Waals surface area contributed by atoms with Crippen LogP contribution < -0.4 is 0 Å². The largest absolute Gasteiger partial charge is 0.387 e. The van der Waals surface area contributed by atoms with E-state index < -0.39 is 11.6 Å². The fourth-order valence-electron chi connectivity index (χ4n) is 3.01. The molecule has 1 aromatic carbocycles. The third-order valence-corrected chi connectivity index (χ3v) is 4.58. The van der Waals surface area contributed by atoms with Crippen LogP contribution in [-0.4, -0.2) is 68.5 Å². The van der Waals surface area contributed by atoms with Gasteiger partial charge >= 0.3 is 0 Å². The summed E-state index contributed by atoms with van der Waals surface area (Å²) in [5.41, 5.74) is 0.0109. The Bertz CT molecular complexity index is 710. The van der Waals surface area contributed by atoms with Crippen LogP contribution in [0.1, 0.15) is 25.8 Å². The summed E-state index contributed by atoms with van der Waals surface area (Å²) >= 11 is 0. The summed E-state index contributed by atoms with van der Waals surface area (Å²) in [4.78, 5) is 15.8. The van der Waals surface area contributed by atoms with Crippen LogP contribution in [0.5, 0.6) is 0 Å². The molecule has 1 atom stereocenters. The number of benzene rings is 1. The molecule has 0 spiro atoms. The lowest BCUT2D eigenvalue weighted by Gasteiger charge is -2.38. The molecule has 1 N–H and O–H groups in total. The Morgan fingerprint density at radius 1 is 1.32 bits per heavy atom. The van der Waals surface area contributed by atoms with E-state index in [1.807, 2.05) is 30.3 Å². The fourth-order valence-corrected chi connectivity index (χ4v) is 3.01. The summed E-state index contributed by atoms with van der Waals surface area (Å²) in [6, 6.07) is 8.98. The van der Waals surface area contributed by atoms with Crippen molar-refractivity contribution in [3.05, 3.63) is 30.3 Å². The van der Waals surface area contributed by atoms with E-state index in [0.717, 1.165) is 5.56 Å². The molecule has 2 aromatic rings. The molecular weight excluding hydrogens is 322 g/mol. The van der Waals surface area contributed by atoms with Gasteiger partial charge in [-0.15, -0.1) is 10.2 Å². The van der Waals surface area contributed by atoms with Crippen molar-refractivity contribution in [2.24, 2.45) is 0 Å². The second-order valence-electron chi connectivity index (χ2n) is 6.46. The van der Waals surface area contributed by atoms with Crippen LogP contribution in [0.2, 0.25) is 0 Å². The maximum absolute atomic E-state index is 12.7. The predicted molar refractivity (Wildman–Crippen MR) is 90.6 cm³/mol. The van der Waals surface area contributed by atoms with Gasteiger partial charge in [-0.1, -0.05) is 30.3 Å². The maximum atomic E-state index is 12.7. The smallest absolute Gasteiger partial charge is 0.249 e. The van der Waals surface area contributed by atoms with Gasteiger partial charge in [-0.2, -0.15) is 4.80 Å². The van der Waals surface area contributed by atoms with Gasteiger partial charge < -0.3 is 14.7 Å². The summed E-state index contributed by atoms with van der Waals surface area (Å²) in [5, 5.41) is 22.7. The Hall–Kier alpha value is -2.32. The number of carbonyl (C=O) groups excluding carboxylic acids is 1. The van der Waals surface area contributed by atoms with Crippen molar-refractivity contribution in [1.29, 1.82) is 0 Å². The molecule has 0 aliphatic carbocycles. The Morgan fingerprint density at radius 3 is 2.64 bits per heavy atom. The van der Waals surface area contributed by atoms with E-state index in [0.29, 0.717) is 31.8 Å². The number of amides is 1. The van der Waals surface area contributed by atoms with E-state index in [1.54, 1.807) is 18.9 Å². The first-order valence-electron chi connectivity index (χ1n) is 8.37. The van der Waals surface area contributed by atoms with E-state index in [-0.39, 0.29) is 12.5 Å². The standard InChI is InChI=1S/C17H23N5O3/c1-13(16(23)21-10-8-17(24,9-11-21)12-25-2)22-19-15(18-20-22)14-6-4-3-5-7-14/h3-7,13,24H,8-12H2,1-2H3. The summed E-state index contributed by atoms with van der Waals surface area (Å²) < 4.78 is 5.06. The first-order valence-corrected chi connectivity index (χ1v) is 8.37. The number of nitrogens with zero attached hydrogens (tertiary/aromatic N) is 5. The first kappa shape index (κ1) is 17.5. The zero-order valence-corrected chi connectivity index (χ0v) is 14.5. The van der Waals surface area contributed by atoms with Crippen LogP contribution in [0.15, 0.2) is 30.3 Å². The van der Waals surface area contributed by atoms with Crippen LogP contribution in [-0.2, 0) is 9.53 Å². The summed E-state index contributed by atoms with van der Waals surface area (Å²) in [5.74, 6) is 0.421. The van der Waals surface area contributed by atoms with Crippen molar-refractivity contribution in [2.75, 3.05) is 26.8 Å². The molecule has 25 heavy (non-hydrogen) atoms. The summed E-state index contributed by atoms with van der Waals surface area (Å²) in [6.45, 7) is 3.02. The lowest BCUT2D eigenvalue weighted by Crippen LogP contribution is -2.50. The molecule has 1 aromatic heterocycles. The highest BCUT2D eigenvalue weighted by molar-refractivity contribution is 5.80. The fraction of sp³-hybridized carbons (Fsp3) is 0.529. The van der Waals surface area contributed by atoms with E-state index in [2.05, 4.69) is 15.4 Å². The molecule has 1 aliphatic heterocycles. The van der Waals surface area contributed by atoms with E-state index in [4.69, 9.17) is 4.74 Å². The number of hydrogen-bond donors (Lipinski definition) is 1. The van der Waals surface area contributed by atoms with Gasteiger partial charge in [-0.25, -0.2) is 0 Å². The number of aliphatic hydroxyl groups is 1. The van der Waals surface area contributed by atoms with Crippen LogP contribution in [0.4, 0.5) is 0 Å². The normalized spacial score (nSPS) is 18.1. The molecule has 0 saturated carbocycles. The molecule has 1 aliphatic rings. The molecule has 0 bridgehead atoms. The highest BCUT2D eigenvalue weighted by Crippen LogP contribution is 2.24. The second kappa shape index (κ2) is 7.28. The molecule has 1 unspecified atom stereocenters. The van der Waals surface area contributed by atoms with Gasteiger partial charge in [-0.05, 0) is 25.0 Å². The average molecular weight is 345 g/mol. The van der Waals surface area contributed by atoms with Crippen LogP contribution in [0.25, 0.3) is 11.4 Å². The van der Waals surface area contributed by atoms with Crippen molar-refractivity contribution >= 4 is 5.91 Å². The van der Waals surface area contributed by atoms with Gasteiger partial charge in [0.1, 0.15) is 6.04 Å². The predicted octanol–water partition coefficient (Wildman–Crippen LogP) is 0.901. The Labute approximate surface area is 146 Å². The Morgan fingerprint density at radius 2 is 2.00 bits per heavy atom. The number of carbonyl (C=O) groups is 1. The van der Waals surface area contributed by atoms with Crippen molar-refractivity contribution in [2.45, 2.75) is 31.4 Å². The van der Waals surface area contributed by atoms with E-state index in [9.17, 15) is 9.90 Å². The van der Waals surface area contributed by atoms with Crippen molar-refractivity contribution < 1.29 is 14.6 Å². The molecule has 134 valence electrons. The molecule has 8 nitrogen and oxygen atoms in total. The molecule has 8 heteroatoms. The number of methoxy groups -OCH3 is 1. The topological polar surface area (TPSA) is 93.4 Å². The minimum Gasteiger partial charge on any atom is -0.387 e. The summed E-state index contributed by atoms with van der Waals surface area (Å²) in [6.07, 6.45) is 0.999. The van der Waals surface area contributed by atoms with Crippen LogP contribution >= 0.6 is 0 Å². The zero-order chi connectivity index (χ0) is 17.9. The number of aromatic nitrogens is 4. The number of ether oxygens (including phenoxy) is 1. The van der Waals surface area contributed by atoms with Gasteiger partial charge in [0.15, 0.2) is 0 Å². The molecular formula is C17H23N5O3. The molecule has 3 rings (SSSR count). The Balaban J connectivity index is 1.65. The third-order valence-electron chi connectivity index (χ3n) is 4.58.